The molecule has 0 atom stereocenters. The predicted octanol–water partition coefficient (Wildman–Crippen LogP) is 4.27. The van der Waals surface area contributed by atoms with E-state index in [0.29, 0.717) is 22.6 Å². The van der Waals surface area contributed by atoms with Crippen LogP contribution in [0.3, 0.4) is 0 Å². The molecule has 8 nitrogen and oxygen atoms in total. The molecule has 1 aliphatic heterocycles. The lowest BCUT2D eigenvalue weighted by Crippen LogP contribution is -2.30. The monoisotopic (exact) mass is 415 g/mol. The molecule has 1 aliphatic rings. The van der Waals surface area contributed by atoms with Crippen molar-refractivity contribution in [2.24, 2.45) is 0 Å². The summed E-state index contributed by atoms with van der Waals surface area (Å²) in [7, 11) is 0. The highest BCUT2D eigenvalue weighted by atomic mass is 16.6. The van der Waals surface area contributed by atoms with Gasteiger partial charge >= 0.3 is 6.03 Å². The number of carbonyl (C=O) groups is 2. The number of nitrogens with one attached hydrogen (secondary N) is 1. The first-order chi connectivity index (χ1) is 15.0. The molecule has 0 aliphatic carbocycles. The van der Waals surface area contributed by atoms with E-state index >= 15 is 0 Å². The summed E-state index contributed by atoms with van der Waals surface area (Å²) in [5.41, 5.74) is 1.81. The maximum Gasteiger partial charge on any atom is 0.333 e. The Balaban J connectivity index is 1.56. The standard InChI is InChI=1S/C23H17N3O5/c27-22-20(24-23(28)25(22)18-9-2-1-3-10-18)14-17-8-4-5-12-21(17)31-15-16-7-6-11-19(13-16)26(29)30/h1-14H,15H2,(H,24,28)/b20-14+. The molecule has 3 aromatic carbocycles. The van der Waals surface area contributed by atoms with Crippen LogP contribution in [0.4, 0.5) is 16.2 Å². The molecule has 1 saturated heterocycles. The molecule has 3 amide bonds. The second-order valence-electron chi connectivity index (χ2n) is 6.72. The Morgan fingerprint density at radius 3 is 2.48 bits per heavy atom. The molecule has 31 heavy (non-hydrogen) atoms. The zero-order valence-electron chi connectivity index (χ0n) is 16.2. The molecule has 0 radical (unpaired) electrons. The smallest absolute Gasteiger partial charge is 0.333 e. The van der Waals surface area contributed by atoms with Gasteiger partial charge in [-0.05, 0) is 29.8 Å². The average Bonchev–Trinajstić information content (AvgIpc) is 3.06. The number of anilines is 1. The number of hydrogen-bond acceptors (Lipinski definition) is 5. The largest absolute Gasteiger partial charge is 0.488 e. The Morgan fingerprint density at radius 2 is 1.71 bits per heavy atom. The van der Waals surface area contributed by atoms with E-state index in [1.54, 1.807) is 72.8 Å². The van der Waals surface area contributed by atoms with Crippen LogP contribution in [0.5, 0.6) is 5.75 Å². The van der Waals surface area contributed by atoms with Gasteiger partial charge in [0, 0.05) is 17.7 Å². The summed E-state index contributed by atoms with van der Waals surface area (Å²) >= 11 is 0. The van der Waals surface area contributed by atoms with E-state index < -0.39 is 16.9 Å². The van der Waals surface area contributed by atoms with E-state index in [1.807, 2.05) is 0 Å². The van der Waals surface area contributed by atoms with Crippen LogP contribution in [0.2, 0.25) is 0 Å². The zero-order chi connectivity index (χ0) is 21.8. The van der Waals surface area contributed by atoms with Gasteiger partial charge in [-0.1, -0.05) is 48.5 Å². The minimum Gasteiger partial charge on any atom is -0.488 e. The number of nitro groups is 1. The van der Waals surface area contributed by atoms with Gasteiger partial charge in [0.25, 0.3) is 11.6 Å². The fraction of sp³-hybridized carbons (Fsp3) is 0.0435. The number of nitrogens with zero attached hydrogens (tertiary/aromatic N) is 2. The van der Waals surface area contributed by atoms with Gasteiger partial charge in [0.05, 0.1) is 10.6 Å². The van der Waals surface area contributed by atoms with Gasteiger partial charge < -0.3 is 10.1 Å². The van der Waals surface area contributed by atoms with E-state index in [1.165, 1.54) is 12.1 Å². The summed E-state index contributed by atoms with van der Waals surface area (Å²) in [6.07, 6.45) is 1.55. The fourth-order valence-electron chi connectivity index (χ4n) is 3.15. The third kappa shape index (κ3) is 4.27. The van der Waals surface area contributed by atoms with Gasteiger partial charge in [-0.3, -0.25) is 14.9 Å². The highest BCUT2D eigenvalue weighted by molar-refractivity contribution is 6.28. The Morgan fingerprint density at radius 1 is 0.968 bits per heavy atom. The van der Waals surface area contributed by atoms with Crippen molar-refractivity contribution in [2.75, 3.05) is 4.90 Å². The third-order valence-electron chi connectivity index (χ3n) is 4.63. The van der Waals surface area contributed by atoms with Crippen molar-refractivity contribution < 1.29 is 19.2 Å². The number of rotatable bonds is 6. The number of carbonyl (C=O) groups excluding carboxylic acids is 2. The normalized spacial score (nSPS) is 14.6. The molecule has 154 valence electrons. The molecular weight excluding hydrogens is 398 g/mol. The lowest BCUT2D eigenvalue weighted by molar-refractivity contribution is -0.384. The minimum absolute atomic E-state index is 0.0169. The van der Waals surface area contributed by atoms with E-state index in [0.717, 1.165) is 4.90 Å². The second kappa shape index (κ2) is 8.50. The number of para-hydroxylation sites is 2. The van der Waals surface area contributed by atoms with E-state index in [9.17, 15) is 19.7 Å². The number of urea groups is 1. The topological polar surface area (TPSA) is 102 Å². The molecule has 0 bridgehead atoms. The van der Waals surface area contributed by atoms with Crippen molar-refractivity contribution in [3.05, 3.63) is 106 Å². The lowest BCUT2D eigenvalue weighted by Gasteiger charge is -2.11. The third-order valence-corrected chi connectivity index (χ3v) is 4.63. The molecule has 0 saturated carbocycles. The van der Waals surface area contributed by atoms with Gasteiger partial charge in [0.1, 0.15) is 18.1 Å². The summed E-state index contributed by atoms with van der Waals surface area (Å²) in [4.78, 5) is 36.7. The SMILES string of the molecule is O=C1N/C(=C/c2ccccc2OCc2cccc([N+](=O)[O-])c2)C(=O)N1c1ccccc1. The van der Waals surface area contributed by atoms with Gasteiger partial charge in [-0.25, -0.2) is 9.69 Å². The molecule has 0 spiro atoms. The Labute approximate surface area is 177 Å². The van der Waals surface area contributed by atoms with Crippen LogP contribution in [-0.2, 0) is 11.4 Å². The predicted molar refractivity (Wildman–Crippen MR) is 114 cm³/mol. The summed E-state index contributed by atoms with van der Waals surface area (Å²) in [5, 5.41) is 13.5. The first-order valence-corrected chi connectivity index (χ1v) is 9.40. The molecule has 1 fully saturated rings. The highest BCUT2D eigenvalue weighted by Gasteiger charge is 2.34. The molecule has 0 aromatic heterocycles. The first kappa shape index (κ1) is 19.8. The van der Waals surface area contributed by atoms with Crippen molar-refractivity contribution >= 4 is 29.4 Å². The van der Waals surface area contributed by atoms with Gasteiger partial charge in [0.2, 0.25) is 0 Å². The van der Waals surface area contributed by atoms with Crippen molar-refractivity contribution in [1.29, 1.82) is 0 Å². The Hall–Kier alpha value is -4.46. The van der Waals surface area contributed by atoms with Crippen LogP contribution >= 0.6 is 0 Å². The highest BCUT2D eigenvalue weighted by Crippen LogP contribution is 2.26. The van der Waals surface area contributed by atoms with E-state index in [-0.39, 0.29) is 18.0 Å². The lowest BCUT2D eigenvalue weighted by atomic mass is 10.1. The number of hydrogen-bond donors (Lipinski definition) is 1. The molecule has 4 rings (SSSR count). The first-order valence-electron chi connectivity index (χ1n) is 9.40. The van der Waals surface area contributed by atoms with E-state index in [2.05, 4.69) is 5.32 Å². The van der Waals surface area contributed by atoms with Gasteiger partial charge in [-0.15, -0.1) is 0 Å². The zero-order valence-corrected chi connectivity index (χ0v) is 16.2. The second-order valence-corrected chi connectivity index (χ2v) is 6.72. The summed E-state index contributed by atoms with van der Waals surface area (Å²) < 4.78 is 5.84. The van der Waals surface area contributed by atoms with Crippen LogP contribution in [-0.4, -0.2) is 16.9 Å². The number of nitro benzene ring substituents is 1. The van der Waals surface area contributed by atoms with Crippen molar-refractivity contribution in [3.8, 4) is 5.75 Å². The minimum atomic E-state index is -0.530. The van der Waals surface area contributed by atoms with E-state index in [4.69, 9.17) is 4.74 Å². The van der Waals surface area contributed by atoms with Crippen LogP contribution < -0.4 is 15.0 Å². The summed E-state index contributed by atoms with van der Waals surface area (Å²) in [6.45, 7) is 0.109. The number of ether oxygens (including phenoxy) is 1. The number of amides is 3. The maximum atomic E-state index is 12.8. The number of benzene rings is 3. The fourth-order valence-corrected chi connectivity index (χ4v) is 3.15. The molecule has 0 unspecified atom stereocenters. The molecule has 1 N–H and O–H groups in total. The van der Waals surface area contributed by atoms with Crippen LogP contribution in [0.1, 0.15) is 11.1 Å². The number of imide groups is 1. The Bertz CT molecular complexity index is 1190. The molecule has 1 heterocycles. The average molecular weight is 415 g/mol. The van der Waals surface area contributed by atoms with Gasteiger partial charge in [0.15, 0.2) is 0 Å². The molecule has 8 heteroatoms. The maximum absolute atomic E-state index is 12.8. The summed E-state index contributed by atoms with van der Waals surface area (Å²) in [5.74, 6) is 0.00593. The van der Waals surface area contributed by atoms with Crippen molar-refractivity contribution in [3.63, 3.8) is 0 Å². The molecule has 3 aromatic rings. The quantitative estimate of drug-likeness (QED) is 0.280. The number of non-ortho nitro benzene ring substituents is 1. The molecular formula is C23H17N3O5. The Kier molecular flexibility index (Phi) is 5.44. The van der Waals surface area contributed by atoms with Crippen LogP contribution in [0.15, 0.2) is 84.6 Å². The summed E-state index contributed by atoms with van der Waals surface area (Å²) in [6, 6.07) is 21.3. The van der Waals surface area contributed by atoms with Crippen LogP contribution in [0.25, 0.3) is 6.08 Å². The van der Waals surface area contributed by atoms with Crippen LogP contribution in [0, 0.1) is 10.1 Å². The van der Waals surface area contributed by atoms with Crippen molar-refractivity contribution in [1.82, 2.24) is 5.32 Å². The van der Waals surface area contributed by atoms with Gasteiger partial charge in [-0.2, -0.15) is 0 Å². The van der Waals surface area contributed by atoms with Crippen molar-refractivity contribution in [2.45, 2.75) is 6.61 Å².